The molecule has 19 heavy (non-hydrogen) atoms. The first-order valence-electron chi connectivity index (χ1n) is 5.95. The molecule has 2 rings (SSSR count). The van der Waals surface area contributed by atoms with Crippen LogP contribution in [0.15, 0.2) is 24.3 Å². The van der Waals surface area contributed by atoms with Crippen molar-refractivity contribution in [3.63, 3.8) is 0 Å². The molecule has 0 bridgehead atoms. The van der Waals surface area contributed by atoms with Gasteiger partial charge in [-0.15, -0.1) is 24.0 Å². The quantitative estimate of drug-likeness (QED) is 0.754. The largest absolute Gasteiger partial charge is 0.342 e. The Morgan fingerprint density at radius 2 is 1.74 bits per heavy atom. The molecule has 2 nitrogen and oxygen atoms in total. The third-order valence-electron chi connectivity index (χ3n) is 2.89. The van der Waals surface area contributed by atoms with Crippen LogP contribution < -0.4 is 0 Å². The number of nitrogens with zero attached hydrogens (tertiary/aromatic N) is 1. The van der Waals surface area contributed by atoms with Crippen molar-refractivity contribution < 1.29 is 0 Å². The SMILES string of the molecule is Cc1[nH]c(-c2ccc(Cl)cc2)nc1C(Cl)C(C)C.Cl. The lowest BCUT2D eigenvalue weighted by Crippen LogP contribution is -2.01. The first-order chi connectivity index (χ1) is 8.49. The van der Waals surface area contributed by atoms with E-state index in [2.05, 4.69) is 23.8 Å². The highest BCUT2D eigenvalue weighted by Crippen LogP contribution is 2.31. The summed E-state index contributed by atoms with van der Waals surface area (Å²) in [6.45, 7) is 6.18. The Bertz CT molecular complexity index is 532. The fraction of sp³-hybridized carbons (Fsp3) is 0.357. The van der Waals surface area contributed by atoms with Gasteiger partial charge in [0.25, 0.3) is 0 Å². The van der Waals surface area contributed by atoms with Gasteiger partial charge in [0.2, 0.25) is 0 Å². The third-order valence-corrected chi connectivity index (χ3v) is 3.85. The molecule has 0 saturated carbocycles. The molecule has 0 saturated heterocycles. The van der Waals surface area contributed by atoms with Crippen LogP contribution in [0.5, 0.6) is 0 Å². The fourth-order valence-electron chi connectivity index (χ4n) is 1.80. The lowest BCUT2D eigenvalue weighted by molar-refractivity contribution is 0.612. The second kappa shape index (κ2) is 6.65. The predicted octanol–water partition coefficient (Wildman–Crippen LogP) is 5.40. The number of nitrogens with one attached hydrogen (secondary N) is 1. The van der Waals surface area contributed by atoms with Gasteiger partial charge in [0, 0.05) is 16.3 Å². The van der Waals surface area contributed by atoms with E-state index in [1.807, 2.05) is 31.2 Å². The van der Waals surface area contributed by atoms with Gasteiger partial charge in [-0.3, -0.25) is 0 Å². The van der Waals surface area contributed by atoms with Crippen molar-refractivity contribution in [1.29, 1.82) is 0 Å². The summed E-state index contributed by atoms with van der Waals surface area (Å²) in [5, 5.41) is 0.655. The van der Waals surface area contributed by atoms with Gasteiger partial charge in [-0.1, -0.05) is 25.4 Å². The summed E-state index contributed by atoms with van der Waals surface area (Å²) in [6, 6.07) is 7.61. The average molecular weight is 320 g/mol. The number of rotatable bonds is 3. The highest BCUT2D eigenvalue weighted by molar-refractivity contribution is 6.30. The Morgan fingerprint density at radius 1 is 1.16 bits per heavy atom. The number of aromatic amines is 1. The first-order valence-corrected chi connectivity index (χ1v) is 6.77. The van der Waals surface area contributed by atoms with Crippen LogP contribution in [0.1, 0.15) is 30.6 Å². The molecule has 1 heterocycles. The zero-order valence-electron chi connectivity index (χ0n) is 11.1. The van der Waals surface area contributed by atoms with Gasteiger partial charge in [0.1, 0.15) is 5.82 Å². The van der Waals surface area contributed by atoms with Crippen LogP contribution >= 0.6 is 35.6 Å². The minimum atomic E-state index is -0.0673. The van der Waals surface area contributed by atoms with E-state index in [0.29, 0.717) is 5.92 Å². The Hall–Kier alpha value is -0.700. The monoisotopic (exact) mass is 318 g/mol. The van der Waals surface area contributed by atoms with E-state index in [4.69, 9.17) is 23.2 Å². The van der Waals surface area contributed by atoms with Gasteiger partial charge in [0.15, 0.2) is 0 Å². The summed E-state index contributed by atoms with van der Waals surface area (Å²) in [5.41, 5.74) is 2.96. The van der Waals surface area contributed by atoms with E-state index in [1.165, 1.54) is 0 Å². The number of benzene rings is 1. The second-order valence-corrected chi connectivity index (χ2v) is 5.65. The zero-order chi connectivity index (χ0) is 13.3. The van der Waals surface area contributed by atoms with E-state index in [0.717, 1.165) is 27.8 Å². The number of imidazole rings is 1. The van der Waals surface area contributed by atoms with Crippen LogP contribution in [0, 0.1) is 12.8 Å². The minimum absolute atomic E-state index is 0. The number of hydrogen-bond acceptors (Lipinski definition) is 1. The number of alkyl halides is 1. The Morgan fingerprint density at radius 3 is 2.26 bits per heavy atom. The van der Waals surface area contributed by atoms with Crippen molar-refractivity contribution in [1.82, 2.24) is 9.97 Å². The molecule has 1 unspecified atom stereocenters. The summed E-state index contributed by atoms with van der Waals surface area (Å²) in [6.07, 6.45) is 0. The van der Waals surface area contributed by atoms with E-state index in [-0.39, 0.29) is 17.8 Å². The summed E-state index contributed by atoms with van der Waals surface area (Å²) < 4.78 is 0. The van der Waals surface area contributed by atoms with Gasteiger partial charge in [0.05, 0.1) is 11.1 Å². The highest BCUT2D eigenvalue weighted by Gasteiger charge is 2.19. The molecule has 0 aliphatic rings. The molecule has 104 valence electrons. The molecule has 1 aromatic carbocycles. The summed E-state index contributed by atoms with van der Waals surface area (Å²) in [7, 11) is 0. The van der Waals surface area contributed by atoms with E-state index in [9.17, 15) is 0 Å². The van der Waals surface area contributed by atoms with Gasteiger partial charge in [-0.05, 0) is 37.1 Å². The van der Waals surface area contributed by atoms with Gasteiger partial charge >= 0.3 is 0 Å². The number of aryl methyl sites for hydroxylation is 1. The van der Waals surface area contributed by atoms with E-state index in [1.54, 1.807) is 0 Å². The summed E-state index contributed by atoms with van der Waals surface area (Å²) >= 11 is 12.2. The molecule has 5 heteroatoms. The molecular weight excluding hydrogens is 303 g/mol. The molecule has 2 aromatic rings. The van der Waals surface area contributed by atoms with Crippen LogP contribution in [-0.2, 0) is 0 Å². The standard InChI is InChI=1S/C14H16Cl2N2.ClH/c1-8(2)12(16)13-9(3)17-14(18-13)10-4-6-11(15)7-5-10;/h4-8,12H,1-3H3,(H,17,18);1H. The van der Waals surface area contributed by atoms with Gasteiger partial charge in [-0.2, -0.15) is 0 Å². The van der Waals surface area contributed by atoms with Crippen molar-refractivity contribution in [3.05, 3.63) is 40.7 Å². The first kappa shape index (κ1) is 16.4. The maximum absolute atomic E-state index is 6.37. The maximum Gasteiger partial charge on any atom is 0.137 e. The van der Waals surface area contributed by atoms with Crippen molar-refractivity contribution in [2.45, 2.75) is 26.1 Å². The number of H-pyrrole nitrogens is 1. The van der Waals surface area contributed by atoms with Crippen LogP contribution in [0.25, 0.3) is 11.4 Å². The average Bonchev–Trinajstić information content (AvgIpc) is 2.71. The molecule has 1 N–H and O–H groups in total. The smallest absolute Gasteiger partial charge is 0.137 e. The lowest BCUT2D eigenvalue weighted by atomic mass is 10.1. The van der Waals surface area contributed by atoms with Crippen LogP contribution in [0.3, 0.4) is 0 Å². The van der Waals surface area contributed by atoms with Crippen molar-refractivity contribution in [3.8, 4) is 11.4 Å². The van der Waals surface area contributed by atoms with E-state index < -0.39 is 0 Å². The molecule has 0 spiro atoms. The number of halogens is 3. The lowest BCUT2D eigenvalue weighted by Gasteiger charge is -2.10. The topological polar surface area (TPSA) is 28.7 Å². The Balaban J connectivity index is 0.00000180. The Kier molecular flexibility index (Phi) is 5.72. The van der Waals surface area contributed by atoms with Crippen molar-refractivity contribution in [2.75, 3.05) is 0 Å². The summed E-state index contributed by atoms with van der Waals surface area (Å²) in [5.74, 6) is 1.19. The second-order valence-electron chi connectivity index (χ2n) is 4.75. The van der Waals surface area contributed by atoms with Crippen LogP contribution in [0.2, 0.25) is 5.02 Å². The normalized spacial score (nSPS) is 12.3. The van der Waals surface area contributed by atoms with Crippen LogP contribution in [0.4, 0.5) is 0 Å². The molecule has 0 amide bonds. The zero-order valence-corrected chi connectivity index (χ0v) is 13.4. The fourth-order valence-corrected chi connectivity index (χ4v) is 2.14. The minimum Gasteiger partial charge on any atom is -0.342 e. The molecule has 0 fully saturated rings. The molecule has 0 radical (unpaired) electrons. The Labute approximate surface area is 130 Å². The van der Waals surface area contributed by atoms with Crippen molar-refractivity contribution >= 4 is 35.6 Å². The van der Waals surface area contributed by atoms with E-state index >= 15 is 0 Å². The highest BCUT2D eigenvalue weighted by atomic mass is 35.5. The molecule has 1 aromatic heterocycles. The number of aromatic nitrogens is 2. The molecule has 1 atom stereocenters. The van der Waals surface area contributed by atoms with Crippen molar-refractivity contribution in [2.24, 2.45) is 5.92 Å². The molecule has 0 aliphatic carbocycles. The number of hydrogen-bond donors (Lipinski definition) is 1. The molecule has 0 aliphatic heterocycles. The maximum atomic E-state index is 6.37. The third kappa shape index (κ3) is 3.65. The van der Waals surface area contributed by atoms with Gasteiger partial charge < -0.3 is 4.98 Å². The molecular formula is C14H17Cl3N2. The summed E-state index contributed by atoms with van der Waals surface area (Å²) in [4.78, 5) is 7.88. The van der Waals surface area contributed by atoms with Crippen LogP contribution in [-0.4, -0.2) is 9.97 Å². The predicted molar refractivity (Wildman–Crippen MR) is 84.5 cm³/mol. The van der Waals surface area contributed by atoms with Gasteiger partial charge in [-0.25, -0.2) is 4.98 Å².